The minimum absolute atomic E-state index is 0.354. The smallest absolute Gasteiger partial charge is 0.336 e. The van der Waals surface area contributed by atoms with Crippen LogP contribution in [0.1, 0.15) is 46.3 Å². The Morgan fingerprint density at radius 3 is 2.54 bits per heavy atom. The zero-order valence-corrected chi connectivity index (χ0v) is 16.4. The molecule has 148 valence electrons. The van der Waals surface area contributed by atoms with Crippen LogP contribution in [0.5, 0.6) is 5.75 Å². The summed E-state index contributed by atoms with van der Waals surface area (Å²) < 4.78 is 22.4. The average molecular weight is 386 g/mol. The van der Waals surface area contributed by atoms with E-state index in [1.807, 2.05) is 0 Å². The highest BCUT2D eigenvalue weighted by Gasteiger charge is 2.49. The van der Waals surface area contributed by atoms with Crippen molar-refractivity contribution in [3.8, 4) is 5.75 Å². The number of fused-ring (bicyclic) bond motifs is 2. The van der Waals surface area contributed by atoms with Gasteiger partial charge in [-0.2, -0.15) is 0 Å². The van der Waals surface area contributed by atoms with Gasteiger partial charge in [-0.15, -0.1) is 0 Å². The molecule has 0 unspecified atom stereocenters. The van der Waals surface area contributed by atoms with E-state index in [1.165, 1.54) is 13.0 Å². The van der Waals surface area contributed by atoms with Gasteiger partial charge in [0.1, 0.15) is 16.9 Å². The molecule has 0 aliphatic carbocycles. The minimum Gasteiger partial charge on any atom is -0.481 e. The van der Waals surface area contributed by atoms with Crippen LogP contribution >= 0.6 is 0 Å². The van der Waals surface area contributed by atoms with Crippen molar-refractivity contribution in [3.63, 3.8) is 0 Å². The summed E-state index contributed by atoms with van der Waals surface area (Å²) in [6.07, 6.45) is 0.0759. The van der Waals surface area contributed by atoms with E-state index in [1.54, 1.807) is 52.0 Å². The van der Waals surface area contributed by atoms with Crippen molar-refractivity contribution in [2.75, 3.05) is 0 Å². The molecule has 1 aromatic heterocycles. The molecule has 1 aromatic carbocycles. The monoisotopic (exact) mass is 386 g/mol. The van der Waals surface area contributed by atoms with Crippen molar-refractivity contribution in [1.82, 2.24) is 0 Å². The van der Waals surface area contributed by atoms with E-state index in [9.17, 15) is 14.4 Å². The zero-order chi connectivity index (χ0) is 20.6. The van der Waals surface area contributed by atoms with Gasteiger partial charge in [0.2, 0.25) is 0 Å². The van der Waals surface area contributed by atoms with Gasteiger partial charge in [-0.1, -0.05) is 6.08 Å². The van der Waals surface area contributed by atoms with Crippen molar-refractivity contribution >= 4 is 22.9 Å². The van der Waals surface area contributed by atoms with Gasteiger partial charge in [-0.05, 0) is 39.8 Å². The first-order valence-corrected chi connectivity index (χ1v) is 8.90. The Balaban J connectivity index is 2.09. The number of benzene rings is 1. The van der Waals surface area contributed by atoms with E-state index in [4.69, 9.17) is 18.6 Å². The van der Waals surface area contributed by atoms with Crippen LogP contribution in [0.3, 0.4) is 0 Å². The third kappa shape index (κ3) is 3.65. The fourth-order valence-corrected chi connectivity index (χ4v) is 3.19. The molecule has 2 atom stereocenters. The average Bonchev–Trinajstić information content (AvgIpc) is 2.96. The first-order valence-electron chi connectivity index (χ1n) is 8.90. The van der Waals surface area contributed by atoms with Crippen molar-refractivity contribution in [1.29, 1.82) is 0 Å². The van der Waals surface area contributed by atoms with Crippen LogP contribution in [0.4, 0.5) is 0 Å². The van der Waals surface area contributed by atoms with Gasteiger partial charge in [-0.25, -0.2) is 9.59 Å². The number of hydrogen-bond donors (Lipinski definition) is 0. The van der Waals surface area contributed by atoms with Gasteiger partial charge in [-0.3, -0.25) is 4.79 Å². The zero-order valence-electron chi connectivity index (χ0n) is 16.4. The summed E-state index contributed by atoms with van der Waals surface area (Å²) in [4.78, 5) is 35.5. The van der Waals surface area contributed by atoms with Crippen LogP contribution in [0, 0.1) is 0 Å². The van der Waals surface area contributed by atoms with Gasteiger partial charge >= 0.3 is 17.6 Å². The van der Waals surface area contributed by atoms with E-state index in [2.05, 4.69) is 0 Å². The van der Waals surface area contributed by atoms with Gasteiger partial charge in [0.15, 0.2) is 12.2 Å². The summed E-state index contributed by atoms with van der Waals surface area (Å²) in [7, 11) is 0. The molecule has 1 aliphatic heterocycles. The van der Waals surface area contributed by atoms with Gasteiger partial charge in [0.25, 0.3) is 0 Å². The lowest BCUT2D eigenvalue weighted by Gasteiger charge is -2.33. The van der Waals surface area contributed by atoms with Crippen LogP contribution in [0.15, 0.2) is 45.1 Å². The molecule has 7 heteroatoms. The highest BCUT2D eigenvalue weighted by Crippen LogP contribution is 2.45. The number of ether oxygens (including phenoxy) is 3. The lowest BCUT2D eigenvalue weighted by molar-refractivity contribution is -0.174. The Morgan fingerprint density at radius 1 is 1.18 bits per heavy atom. The Labute approximate surface area is 161 Å². The number of esters is 2. The summed E-state index contributed by atoms with van der Waals surface area (Å²) in [6, 6.07) is 6.28. The maximum Gasteiger partial charge on any atom is 0.336 e. The van der Waals surface area contributed by atoms with Gasteiger partial charge in [0, 0.05) is 35.6 Å². The number of allylic oxidation sites excluding steroid dienone is 1. The van der Waals surface area contributed by atoms with Gasteiger partial charge in [0.05, 0.1) is 0 Å². The van der Waals surface area contributed by atoms with E-state index in [-0.39, 0.29) is 0 Å². The van der Waals surface area contributed by atoms with Crippen molar-refractivity contribution in [2.45, 2.75) is 52.4 Å². The standard InChI is InChI=1S/C21H22O7/c1-6-11(2)20(24)27-18-14-9-13-7-8-17(23)25-15(13)10-16(14)26-19(18)21(4,5)28-12(3)22/h6-10,18-19H,1-5H3/b11-6-/t18-,19+/m1/s1. The number of rotatable bonds is 4. The minimum atomic E-state index is -1.08. The molecule has 0 radical (unpaired) electrons. The second kappa shape index (κ2) is 7.14. The molecule has 0 saturated heterocycles. The highest BCUT2D eigenvalue weighted by molar-refractivity contribution is 5.88. The predicted molar refractivity (Wildman–Crippen MR) is 101 cm³/mol. The second-order valence-corrected chi connectivity index (χ2v) is 7.22. The lowest BCUT2D eigenvalue weighted by Crippen LogP contribution is -2.46. The maximum atomic E-state index is 12.4. The van der Waals surface area contributed by atoms with Crippen molar-refractivity contribution in [2.24, 2.45) is 0 Å². The van der Waals surface area contributed by atoms with Crippen LogP contribution in [0.2, 0.25) is 0 Å². The summed E-state index contributed by atoms with van der Waals surface area (Å²) in [5.41, 5.74) is -0.138. The number of carbonyl (C=O) groups is 2. The Kier molecular flexibility index (Phi) is 5.02. The Bertz CT molecular complexity index is 1030. The first kappa shape index (κ1) is 19.7. The summed E-state index contributed by atoms with van der Waals surface area (Å²) in [5, 5.41) is 0.664. The molecule has 3 rings (SSSR count). The molecule has 28 heavy (non-hydrogen) atoms. The van der Waals surface area contributed by atoms with Gasteiger partial charge < -0.3 is 18.6 Å². The molecule has 1 aliphatic rings. The third-order valence-corrected chi connectivity index (χ3v) is 4.67. The molecule has 2 aromatic rings. The number of carbonyl (C=O) groups excluding carboxylic acids is 2. The largest absolute Gasteiger partial charge is 0.481 e. The normalized spacial score (nSPS) is 19.1. The third-order valence-electron chi connectivity index (χ3n) is 4.67. The predicted octanol–water partition coefficient (Wildman–Crippen LogP) is 3.45. The highest BCUT2D eigenvalue weighted by atomic mass is 16.6. The van der Waals surface area contributed by atoms with Crippen LogP contribution in [0.25, 0.3) is 11.0 Å². The molecule has 0 spiro atoms. The van der Waals surface area contributed by atoms with Crippen LogP contribution in [-0.2, 0) is 19.1 Å². The molecule has 0 bridgehead atoms. The Morgan fingerprint density at radius 2 is 1.89 bits per heavy atom. The van der Waals surface area contributed by atoms with E-state index in [0.29, 0.717) is 27.9 Å². The van der Waals surface area contributed by atoms with Crippen molar-refractivity contribution < 1.29 is 28.2 Å². The molecule has 7 nitrogen and oxygen atoms in total. The maximum absolute atomic E-state index is 12.4. The lowest BCUT2D eigenvalue weighted by atomic mass is 9.93. The van der Waals surface area contributed by atoms with E-state index in [0.717, 1.165) is 0 Å². The SMILES string of the molecule is C/C=C(/C)C(=O)O[C@@H]1c2cc3ccc(=O)oc3cc2O[C@@H]1C(C)(C)OC(C)=O. The number of hydrogen-bond acceptors (Lipinski definition) is 7. The van der Waals surface area contributed by atoms with Crippen molar-refractivity contribution in [3.05, 3.63) is 51.9 Å². The summed E-state index contributed by atoms with van der Waals surface area (Å²) in [6.45, 7) is 8.08. The molecular formula is C21H22O7. The quantitative estimate of drug-likeness (QED) is 0.451. The molecule has 0 fully saturated rings. The van der Waals surface area contributed by atoms with Crippen LogP contribution in [-0.4, -0.2) is 23.6 Å². The fourth-order valence-electron chi connectivity index (χ4n) is 3.19. The molecule has 2 heterocycles. The molecule has 0 amide bonds. The summed E-state index contributed by atoms with van der Waals surface area (Å²) in [5.74, 6) is -0.564. The molecule has 0 saturated carbocycles. The topological polar surface area (TPSA) is 92.0 Å². The molecular weight excluding hydrogens is 364 g/mol. The van der Waals surface area contributed by atoms with E-state index < -0.39 is 35.4 Å². The van der Waals surface area contributed by atoms with E-state index >= 15 is 0 Å². The molecule has 0 N–H and O–H groups in total. The Hall–Kier alpha value is -3.09. The fraction of sp³-hybridized carbons (Fsp3) is 0.381. The first-order chi connectivity index (χ1) is 13.1. The summed E-state index contributed by atoms with van der Waals surface area (Å²) >= 11 is 0. The second-order valence-electron chi connectivity index (χ2n) is 7.22. The van der Waals surface area contributed by atoms with Crippen LogP contribution < -0.4 is 10.4 Å².